The molecule has 6 heteroatoms. The number of rotatable bonds is 9. The molecule has 4 nitrogen and oxygen atoms in total. The van der Waals surface area contributed by atoms with E-state index in [1.54, 1.807) is 25.6 Å². The summed E-state index contributed by atoms with van der Waals surface area (Å²) >= 11 is 7.42. The number of aromatic nitrogens is 1. The Morgan fingerprint density at radius 1 is 1.44 bits per heavy atom. The molecule has 0 aliphatic heterocycles. The van der Waals surface area contributed by atoms with E-state index in [2.05, 4.69) is 16.8 Å². The summed E-state index contributed by atoms with van der Waals surface area (Å²) in [6.07, 6.45) is 0. The van der Waals surface area contributed by atoms with Crippen LogP contribution >= 0.6 is 22.9 Å². The Balaban J connectivity index is 2.58. The van der Waals surface area contributed by atoms with Crippen LogP contribution in [-0.4, -0.2) is 49.9 Å². The Bertz CT molecular complexity index is 336. The maximum absolute atomic E-state index is 5.76. The molecule has 1 rings (SSSR count). The number of nitrogens with zero attached hydrogens (tertiary/aromatic N) is 2. The zero-order valence-corrected chi connectivity index (χ0v) is 12.8. The van der Waals surface area contributed by atoms with Gasteiger partial charge < -0.3 is 9.47 Å². The fourth-order valence-corrected chi connectivity index (χ4v) is 2.71. The zero-order chi connectivity index (χ0) is 13.4. The van der Waals surface area contributed by atoms with E-state index in [0.29, 0.717) is 25.1 Å². The predicted molar refractivity (Wildman–Crippen MR) is 75.3 cm³/mol. The van der Waals surface area contributed by atoms with Crippen molar-refractivity contribution in [3.8, 4) is 0 Å². The average Bonchev–Trinajstić information content (AvgIpc) is 2.82. The summed E-state index contributed by atoms with van der Waals surface area (Å²) in [7, 11) is 3.44. The summed E-state index contributed by atoms with van der Waals surface area (Å²) in [5, 5.41) is 3.10. The highest BCUT2D eigenvalue weighted by atomic mass is 35.5. The van der Waals surface area contributed by atoms with Crippen molar-refractivity contribution in [2.45, 2.75) is 25.4 Å². The highest BCUT2D eigenvalue weighted by Gasteiger charge is 2.15. The van der Waals surface area contributed by atoms with Gasteiger partial charge in [-0.1, -0.05) is 0 Å². The van der Waals surface area contributed by atoms with Crippen LogP contribution < -0.4 is 0 Å². The van der Waals surface area contributed by atoms with Crippen molar-refractivity contribution >= 4 is 22.9 Å². The molecule has 0 bridgehead atoms. The van der Waals surface area contributed by atoms with E-state index in [1.807, 2.05) is 5.38 Å². The number of thiazole rings is 1. The van der Waals surface area contributed by atoms with Crippen LogP contribution in [0.25, 0.3) is 0 Å². The van der Waals surface area contributed by atoms with Gasteiger partial charge >= 0.3 is 0 Å². The van der Waals surface area contributed by atoms with Gasteiger partial charge in [-0.3, -0.25) is 4.90 Å². The third kappa shape index (κ3) is 5.20. The first kappa shape index (κ1) is 15.9. The minimum atomic E-state index is 0.341. The van der Waals surface area contributed by atoms with Gasteiger partial charge in [0.25, 0.3) is 0 Å². The molecule has 0 aromatic carbocycles. The van der Waals surface area contributed by atoms with Crippen LogP contribution in [0.1, 0.15) is 17.6 Å². The molecule has 0 spiro atoms. The molecule has 104 valence electrons. The average molecular weight is 293 g/mol. The van der Waals surface area contributed by atoms with Crippen LogP contribution in [-0.2, 0) is 21.9 Å². The fraction of sp³-hybridized carbons (Fsp3) is 0.750. The van der Waals surface area contributed by atoms with Gasteiger partial charge in [0.2, 0.25) is 0 Å². The van der Waals surface area contributed by atoms with E-state index >= 15 is 0 Å². The molecular weight excluding hydrogens is 272 g/mol. The van der Waals surface area contributed by atoms with E-state index < -0.39 is 0 Å². The van der Waals surface area contributed by atoms with Gasteiger partial charge in [0.05, 0.1) is 31.3 Å². The Kier molecular flexibility index (Phi) is 7.77. The van der Waals surface area contributed by atoms with Crippen LogP contribution in [0.3, 0.4) is 0 Å². The molecular formula is C12H21ClN2O2S. The third-order valence-electron chi connectivity index (χ3n) is 2.69. The first-order chi connectivity index (χ1) is 8.71. The van der Waals surface area contributed by atoms with Gasteiger partial charge in [-0.2, -0.15) is 0 Å². The van der Waals surface area contributed by atoms with Crippen molar-refractivity contribution in [2.75, 3.05) is 34.0 Å². The van der Waals surface area contributed by atoms with Gasteiger partial charge in [-0.05, 0) is 6.92 Å². The summed E-state index contributed by atoms with van der Waals surface area (Å²) in [4.78, 5) is 6.79. The molecule has 18 heavy (non-hydrogen) atoms. The van der Waals surface area contributed by atoms with Crippen LogP contribution in [0.15, 0.2) is 5.38 Å². The normalized spacial score (nSPS) is 13.2. The van der Waals surface area contributed by atoms with Gasteiger partial charge in [0.1, 0.15) is 5.01 Å². The Morgan fingerprint density at radius 2 is 2.22 bits per heavy atom. The van der Waals surface area contributed by atoms with E-state index in [1.165, 1.54) is 0 Å². The van der Waals surface area contributed by atoms with Gasteiger partial charge in [-0.15, -0.1) is 22.9 Å². The largest absolute Gasteiger partial charge is 0.383 e. The van der Waals surface area contributed by atoms with Gasteiger partial charge in [-0.25, -0.2) is 4.98 Å². The number of alkyl halides is 1. The summed E-state index contributed by atoms with van der Waals surface area (Å²) in [5.41, 5.74) is 0.947. The highest BCUT2D eigenvalue weighted by Crippen LogP contribution is 2.15. The summed E-state index contributed by atoms with van der Waals surface area (Å²) in [5.74, 6) is 0.474. The zero-order valence-electron chi connectivity index (χ0n) is 11.2. The van der Waals surface area contributed by atoms with E-state index in [0.717, 1.165) is 23.8 Å². The summed E-state index contributed by atoms with van der Waals surface area (Å²) < 4.78 is 10.4. The molecule has 1 heterocycles. The van der Waals surface area contributed by atoms with Crippen molar-refractivity contribution in [3.63, 3.8) is 0 Å². The fourth-order valence-electron chi connectivity index (χ4n) is 1.67. The number of hydrogen-bond acceptors (Lipinski definition) is 5. The lowest BCUT2D eigenvalue weighted by Crippen LogP contribution is -2.38. The van der Waals surface area contributed by atoms with Crippen LogP contribution in [0.5, 0.6) is 0 Å². The molecule has 0 saturated heterocycles. The Labute approximate surface area is 118 Å². The number of ether oxygens (including phenoxy) is 2. The minimum Gasteiger partial charge on any atom is -0.383 e. The summed E-state index contributed by atoms with van der Waals surface area (Å²) in [6, 6.07) is 0.341. The molecule has 0 N–H and O–H groups in total. The SMILES string of the molecule is COCCN(Cc1nc(CCl)cs1)C(C)COC. The van der Waals surface area contributed by atoms with Crippen molar-refractivity contribution in [2.24, 2.45) is 0 Å². The predicted octanol–water partition coefficient (Wildman–Crippen LogP) is 2.37. The highest BCUT2D eigenvalue weighted by molar-refractivity contribution is 7.09. The van der Waals surface area contributed by atoms with E-state index in [4.69, 9.17) is 21.1 Å². The lowest BCUT2D eigenvalue weighted by Gasteiger charge is -2.27. The molecule has 0 radical (unpaired) electrons. The van der Waals surface area contributed by atoms with Crippen LogP contribution in [0, 0.1) is 0 Å². The molecule has 1 aromatic rings. The number of halogens is 1. The molecule has 0 saturated carbocycles. The minimum absolute atomic E-state index is 0.341. The van der Waals surface area contributed by atoms with Gasteiger partial charge in [0, 0.05) is 32.2 Å². The van der Waals surface area contributed by atoms with Crippen molar-refractivity contribution in [1.82, 2.24) is 9.88 Å². The Morgan fingerprint density at radius 3 is 2.78 bits per heavy atom. The standard InChI is InChI=1S/C12H21ClN2O2S/c1-10(8-17-3)15(4-5-16-2)7-12-14-11(6-13)9-18-12/h9-10H,4-8H2,1-3H3. The van der Waals surface area contributed by atoms with Crippen LogP contribution in [0.4, 0.5) is 0 Å². The van der Waals surface area contributed by atoms with E-state index in [-0.39, 0.29) is 0 Å². The third-order valence-corrected chi connectivity index (χ3v) is 3.84. The number of methoxy groups -OCH3 is 2. The lowest BCUT2D eigenvalue weighted by molar-refractivity contribution is 0.0704. The molecule has 0 amide bonds. The van der Waals surface area contributed by atoms with Crippen molar-refractivity contribution < 1.29 is 9.47 Å². The lowest BCUT2D eigenvalue weighted by atomic mass is 10.3. The number of hydrogen-bond donors (Lipinski definition) is 0. The second kappa shape index (κ2) is 8.82. The molecule has 0 fully saturated rings. The second-order valence-electron chi connectivity index (χ2n) is 4.13. The molecule has 1 atom stereocenters. The quantitative estimate of drug-likeness (QED) is 0.655. The molecule has 1 unspecified atom stereocenters. The van der Waals surface area contributed by atoms with Crippen molar-refractivity contribution in [3.05, 3.63) is 16.1 Å². The van der Waals surface area contributed by atoms with Crippen molar-refractivity contribution in [1.29, 1.82) is 0 Å². The smallest absolute Gasteiger partial charge is 0.107 e. The first-order valence-electron chi connectivity index (χ1n) is 5.92. The molecule has 1 aromatic heterocycles. The van der Waals surface area contributed by atoms with Crippen LogP contribution in [0.2, 0.25) is 0 Å². The monoisotopic (exact) mass is 292 g/mol. The summed E-state index contributed by atoms with van der Waals surface area (Å²) in [6.45, 7) is 5.25. The van der Waals surface area contributed by atoms with E-state index in [9.17, 15) is 0 Å². The molecule has 0 aliphatic carbocycles. The Hall–Kier alpha value is -0.200. The topological polar surface area (TPSA) is 34.6 Å². The molecule has 0 aliphatic rings. The van der Waals surface area contributed by atoms with Gasteiger partial charge in [0.15, 0.2) is 0 Å². The second-order valence-corrected chi connectivity index (χ2v) is 5.34. The maximum atomic E-state index is 5.76. The maximum Gasteiger partial charge on any atom is 0.107 e. The first-order valence-corrected chi connectivity index (χ1v) is 7.33.